The fraction of sp³-hybridized carbons (Fsp3) is 0.583. The van der Waals surface area contributed by atoms with E-state index in [-0.39, 0.29) is 29.4 Å². The number of nitrogens with zero attached hydrogens (tertiary/aromatic N) is 2. The monoisotopic (exact) mass is 433 g/mol. The van der Waals surface area contributed by atoms with Crippen molar-refractivity contribution in [2.45, 2.75) is 58.5 Å². The van der Waals surface area contributed by atoms with E-state index in [0.717, 1.165) is 50.0 Å². The van der Waals surface area contributed by atoms with Gasteiger partial charge in [-0.25, -0.2) is 4.39 Å². The van der Waals surface area contributed by atoms with Crippen molar-refractivity contribution in [2.24, 2.45) is 0 Å². The van der Waals surface area contributed by atoms with E-state index in [1.807, 2.05) is 30.6 Å². The van der Waals surface area contributed by atoms with Crippen molar-refractivity contribution in [3.05, 3.63) is 41.4 Å². The summed E-state index contributed by atoms with van der Waals surface area (Å²) in [4.78, 5) is 29.1. The molecule has 0 aromatic heterocycles. The number of ether oxygens (including phenoxy) is 1. The molecule has 0 bridgehead atoms. The molecule has 6 nitrogen and oxygen atoms in total. The number of benzene rings is 1. The van der Waals surface area contributed by atoms with Crippen molar-refractivity contribution in [2.75, 3.05) is 38.3 Å². The lowest BCUT2D eigenvalue weighted by Gasteiger charge is -2.38. The van der Waals surface area contributed by atoms with Gasteiger partial charge in [-0.15, -0.1) is 0 Å². The van der Waals surface area contributed by atoms with Gasteiger partial charge in [-0.3, -0.25) is 9.59 Å². The lowest BCUT2D eigenvalue weighted by atomic mass is 10.0. The van der Waals surface area contributed by atoms with Crippen molar-refractivity contribution >= 4 is 17.9 Å². The number of anilines is 1. The summed E-state index contributed by atoms with van der Waals surface area (Å²) in [7, 11) is 1.66. The van der Waals surface area contributed by atoms with Gasteiger partial charge in [0.05, 0.1) is 5.57 Å². The van der Waals surface area contributed by atoms with Crippen molar-refractivity contribution < 1.29 is 18.7 Å². The summed E-state index contributed by atoms with van der Waals surface area (Å²) in [5.41, 5.74) is 1.63. The van der Waals surface area contributed by atoms with Gasteiger partial charge in [0.1, 0.15) is 5.82 Å². The Balaban J connectivity index is 2.33. The number of hydrogen-bond donors (Lipinski definition) is 1. The molecule has 1 atom stereocenters. The minimum Gasteiger partial charge on any atom is -0.385 e. The lowest BCUT2D eigenvalue weighted by molar-refractivity contribution is -0.132. The molecular formula is C24H36FN3O3. The molecule has 1 fully saturated rings. The van der Waals surface area contributed by atoms with Crippen LogP contribution in [0.4, 0.5) is 10.1 Å². The Bertz CT molecular complexity index is 760. The van der Waals surface area contributed by atoms with Gasteiger partial charge in [0.2, 0.25) is 0 Å². The van der Waals surface area contributed by atoms with Gasteiger partial charge in [0, 0.05) is 50.8 Å². The second-order valence-corrected chi connectivity index (χ2v) is 8.33. The predicted molar refractivity (Wildman–Crippen MR) is 122 cm³/mol. The number of methoxy groups -OCH3 is 1. The molecule has 1 aliphatic rings. The third-order valence-electron chi connectivity index (χ3n) is 5.59. The van der Waals surface area contributed by atoms with E-state index < -0.39 is 0 Å². The molecule has 1 aromatic carbocycles. The van der Waals surface area contributed by atoms with E-state index in [9.17, 15) is 14.0 Å². The van der Waals surface area contributed by atoms with Gasteiger partial charge in [-0.05, 0) is 76.8 Å². The maximum absolute atomic E-state index is 13.6. The molecule has 0 radical (unpaired) electrons. The molecule has 0 unspecified atom stereocenters. The molecule has 1 saturated heterocycles. The topological polar surface area (TPSA) is 61.9 Å². The summed E-state index contributed by atoms with van der Waals surface area (Å²) >= 11 is 0. The van der Waals surface area contributed by atoms with E-state index >= 15 is 0 Å². The maximum Gasteiger partial charge on any atom is 0.259 e. The standard InChI is InChI=1S/C24H36FN3O3/c1-18(2)28(22-8-7-11-26-15-22)24(30)20(17-29)16-27(12-5-6-13-31-4)23-10-9-21(25)14-19(23)3/h9-10,14,16-18,22,26H,5-8,11-13,15H2,1-4H3/b20-16+/t22-/m1/s1. The number of aldehydes is 1. The Morgan fingerprint density at radius 3 is 2.71 bits per heavy atom. The van der Waals surface area contributed by atoms with Crippen LogP contribution in [0.1, 0.15) is 45.1 Å². The van der Waals surface area contributed by atoms with Crippen molar-refractivity contribution in [3.63, 3.8) is 0 Å². The average molecular weight is 434 g/mol. The molecule has 0 saturated carbocycles. The Morgan fingerprint density at radius 2 is 2.13 bits per heavy atom. The zero-order chi connectivity index (χ0) is 22.8. The molecule has 31 heavy (non-hydrogen) atoms. The van der Waals surface area contributed by atoms with Crippen LogP contribution in [0.2, 0.25) is 0 Å². The lowest BCUT2D eigenvalue weighted by Crippen LogP contribution is -2.52. The number of halogens is 1. The van der Waals surface area contributed by atoms with Crippen LogP contribution in [0, 0.1) is 12.7 Å². The Morgan fingerprint density at radius 1 is 1.35 bits per heavy atom. The minimum absolute atomic E-state index is 0.0246. The molecule has 172 valence electrons. The quantitative estimate of drug-likeness (QED) is 0.190. The SMILES string of the molecule is COCCCCN(/C=C(\C=O)C(=O)N(C(C)C)[C@@H]1CCCNC1)c1ccc(F)cc1C. The molecule has 2 rings (SSSR count). The second kappa shape index (κ2) is 12.6. The first kappa shape index (κ1) is 25.0. The fourth-order valence-corrected chi connectivity index (χ4v) is 4.07. The molecule has 0 aliphatic carbocycles. The zero-order valence-electron chi connectivity index (χ0n) is 19.2. The van der Waals surface area contributed by atoms with Gasteiger partial charge in [-0.2, -0.15) is 0 Å². The maximum atomic E-state index is 13.6. The summed E-state index contributed by atoms with van der Waals surface area (Å²) in [6.07, 6.45) is 5.82. The summed E-state index contributed by atoms with van der Waals surface area (Å²) in [5, 5.41) is 3.34. The highest BCUT2D eigenvalue weighted by atomic mass is 19.1. The van der Waals surface area contributed by atoms with Crippen LogP contribution >= 0.6 is 0 Å². The first-order chi connectivity index (χ1) is 14.9. The van der Waals surface area contributed by atoms with Crippen LogP contribution in [0.25, 0.3) is 0 Å². The number of rotatable bonds is 11. The van der Waals surface area contributed by atoms with Gasteiger partial charge < -0.3 is 19.9 Å². The Labute approximate surface area is 185 Å². The fourth-order valence-electron chi connectivity index (χ4n) is 4.07. The highest BCUT2D eigenvalue weighted by Gasteiger charge is 2.30. The van der Waals surface area contributed by atoms with E-state index in [0.29, 0.717) is 19.4 Å². The van der Waals surface area contributed by atoms with E-state index in [1.165, 1.54) is 12.1 Å². The van der Waals surface area contributed by atoms with Gasteiger partial charge in [0.25, 0.3) is 5.91 Å². The molecule has 7 heteroatoms. The van der Waals surface area contributed by atoms with Crippen LogP contribution < -0.4 is 10.2 Å². The number of piperidine rings is 1. The van der Waals surface area contributed by atoms with Crippen molar-refractivity contribution in [3.8, 4) is 0 Å². The predicted octanol–water partition coefficient (Wildman–Crippen LogP) is 3.44. The smallest absolute Gasteiger partial charge is 0.259 e. The molecule has 1 heterocycles. The number of hydrogen-bond acceptors (Lipinski definition) is 5. The minimum atomic E-state index is -0.313. The summed E-state index contributed by atoms with van der Waals surface area (Å²) in [5.74, 6) is -0.576. The molecule has 1 aliphatic heterocycles. The number of carbonyl (C=O) groups is 2. The molecule has 1 N–H and O–H groups in total. The van der Waals surface area contributed by atoms with Crippen molar-refractivity contribution in [1.82, 2.24) is 10.2 Å². The summed E-state index contributed by atoms with van der Waals surface area (Å²) in [6, 6.07) is 4.59. The van der Waals surface area contributed by atoms with E-state index in [2.05, 4.69) is 5.32 Å². The average Bonchev–Trinajstić information content (AvgIpc) is 2.74. The second-order valence-electron chi connectivity index (χ2n) is 8.33. The largest absolute Gasteiger partial charge is 0.385 e. The number of nitrogens with one attached hydrogen (secondary N) is 1. The van der Waals surface area contributed by atoms with Crippen LogP contribution in [-0.4, -0.2) is 62.5 Å². The van der Waals surface area contributed by atoms with Gasteiger partial charge in [-0.1, -0.05) is 0 Å². The highest BCUT2D eigenvalue weighted by Crippen LogP contribution is 2.24. The zero-order valence-corrected chi connectivity index (χ0v) is 19.2. The number of amides is 1. The van der Waals surface area contributed by atoms with Crippen LogP contribution in [0.15, 0.2) is 30.0 Å². The number of carbonyl (C=O) groups excluding carboxylic acids is 2. The van der Waals surface area contributed by atoms with Crippen molar-refractivity contribution in [1.29, 1.82) is 0 Å². The van der Waals surface area contributed by atoms with Gasteiger partial charge in [0.15, 0.2) is 6.29 Å². The number of aryl methyl sites for hydroxylation is 1. The van der Waals surface area contributed by atoms with Crippen LogP contribution in [0.5, 0.6) is 0 Å². The molecule has 1 amide bonds. The van der Waals surface area contributed by atoms with E-state index in [1.54, 1.807) is 19.4 Å². The Hall–Kier alpha value is -2.25. The normalized spacial score (nSPS) is 17.0. The molecule has 1 aromatic rings. The first-order valence-electron chi connectivity index (χ1n) is 11.1. The summed E-state index contributed by atoms with van der Waals surface area (Å²) in [6.45, 7) is 8.68. The third kappa shape index (κ3) is 7.14. The Kier molecular flexibility index (Phi) is 10.1. The van der Waals surface area contributed by atoms with Gasteiger partial charge >= 0.3 is 0 Å². The van der Waals surface area contributed by atoms with Crippen LogP contribution in [-0.2, 0) is 14.3 Å². The first-order valence-corrected chi connectivity index (χ1v) is 11.1. The highest BCUT2D eigenvalue weighted by molar-refractivity contribution is 6.11. The third-order valence-corrected chi connectivity index (χ3v) is 5.59. The molecular weight excluding hydrogens is 397 g/mol. The number of unbranched alkanes of at least 4 members (excludes halogenated alkanes) is 1. The molecule has 0 spiro atoms. The van der Waals surface area contributed by atoms with Crippen LogP contribution in [0.3, 0.4) is 0 Å². The van der Waals surface area contributed by atoms with E-state index in [4.69, 9.17) is 4.74 Å². The summed E-state index contributed by atoms with van der Waals surface area (Å²) < 4.78 is 18.8.